The highest BCUT2D eigenvalue weighted by molar-refractivity contribution is 5.95. The number of rotatable bonds is 6. The van der Waals surface area contributed by atoms with Crippen LogP contribution in [0.4, 0.5) is 11.5 Å². The monoisotopic (exact) mass is 380 g/mol. The lowest BCUT2D eigenvalue weighted by Gasteiger charge is -2.26. The Hall–Kier alpha value is -2.40. The van der Waals surface area contributed by atoms with E-state index >= 15 is 0 Å². The number of pyridine rings is 1. The third-order valence-electron chi connectivity index (χ3n) is 5.84. The molecule has 0 atom stereocenters. The van der Waals surface area contributed by atoms with Gasteiger partial charge in [-0.05, 0) is 72.8 Å². The quantitative estimate of drug-likeness (QED) is 0.719. The zero-order valence-corrected chi connectivity index (χ0v) is 16.7. The fourth-order valence-electron chi connectivity index (χ4n) is 4.12. The Morgan fingerprint density at radius 2 is 2.00 bits per heavy atom. The normalized spacial score (nSPS) is 17.4. The van der Waals surface area contributed by atoms with Crippen LogP contribution in [0.5, 0.6) is 0 Å². The summed E-state index contributed by atoms with van der Waals surface area (Å²) in [6, 6.07) is 8.32. The van der Waals surface area contributed by atoms with Crippen molar-refractivity contribution in [3.8, 4) is 0 Å². The topological polar surface area (TPSA) is 60.5 Å². The second kappa shape index (κ2) is 8.31. The molecule has 1 aromatic heterocycles. The molecule has 2 aromatic rings. The predicted molar refractivity (Wildman–Crippen MR) is 109 cm³/mol. The molecule has 1 aliphatic carbocycles. The minimum Gasteiger partial charge on any atom is -0.465 e. The van der Waals surface area contributed by atoms with E-state index in [0.717, 1.165) is 43.7 Å². The van der Waals surface area contributed by atoms with Gasteiger partial charge >= 0.3 is 5.97 Å². The van der Waals surface area contributed by atoms with Gasteiger partial charge in [-0.3, -0.25) is 0 Å². The van der Waals surface area contributed by atoms with Crippen molar-refractivity contribution in [3.63, 3.8) is 0 Å². The van der Waals surface area contributed by atoms with Gasteiger partial charge in [0, 0.05) is 25.1 Å². The highest BCUT2D eigenvalue weighted by Gasteiger charge is 2.27. The summed E-state index contributed by atoms with van der Waals surface area (Å²) in [5.74, 6) is 1.27. The maximum atomic E-state index is 12.4. The van der Waals surface area contributed by atoms with E-state index in [2.05, 4.69) is 35.4 Å². The molecule has 2 heterocycles. The van der Waals surface area contributed by atoms with Crippen molar-refractivity contribution in [2.45, 2.75) is 50.9 Å². The van der Waals surface area contributed by atoms with Gasteiger partial charge in [0.2, 0.25) is 0 Å². The first-order valence-electron chi connectivity index (χ1n) is 10.3. The van der Waals surface area contributed by atoms with Crippen molar-refractivity contribution in [2.24, 2.45) is 0 Å². The van der Waals surface area contributed by atoms with Crippen LogP contribution in [0.2, 0.25) is 0 Å². The lowest BCUT2D eigenvalue weighted by Crippen LogP contribution is -2.16. The molecule has 5 heteroatoms. The van der Waals surface area contributed by atoms with E-state index in [1.807, 2.05) is 12.3 Å². The number of anilines is 2. The van der Waals surface area contributed by atoms with Gasteiger partial charge in [0.1, 0.15) is 11.4 Å². The number of hydrogen-bond donors (Lipinski definition) is 1. The summed E-state index contributed by atoms with van der Waals surface area (Å²) >= 11 is 0. The smallest absolute Gasteiger partial charge is 0.341 e. The van der Waals surface area contributed by atoms with Crippen molar-refractivity contribution in [1.29, 1.82) is 0 Å². The number of carbonyl (C=O) groups excluding carboxylic acids is 1. The number of carbonyl (C=O) groups is 1. The Morgan fingerprint density at radius 3 is 2.68 bits per heavy atom. The van der Waals surface area contributed by atoms with E-state index in [1.165, 1.54) is 31.1 Å². The molecule has 28 heavy (non-hydrogen) atoms. The Labute approximate surface area is 166 Å². The van der Waals surface area contributed by atoms with E-state index < -0.39 is 0 Å². The molecule has 5 nitrogen and oxygen atoms in total. The first kappa shape index (κ1) is 18.9. The van der Waals surface area contributed by atoms with Gasteiger partial charge in [0.15, 0.2) is 0 Å². The maximum absolute atomic E-state index is 12.4. The molecule has 0 radical (unpaired) electrons. The van der Waals surface area contributed by atoms with Crippen LogP contribution in [0.1, 0.15) is 71.5 Å². The average Bonchev–Trinajstić information content (AvgIpc) is 3.59. The highest BCUT2D eigenvalue weighted by atomic mass is 16.5. The number of nitrogens with one attached hydrogen (secondary N) is 1. The SMILES string of the molecule is CCc1c(Nc2ncc(C3CC3)cc2C(=O)OC)cccc1C1CCOCC1. The molecule has 1 saturated carbocycles. The number of nitrogens with zero attached hydrogens (tertiary/aromatic N) is 1. The van der Waals surface area contributed by atoms with Gasteiger partial charge in [0.05, 0.1) is 7.11 Å². The summed E-state index contributed by atoms with van der Waals surface area (Å²) in [6.45, 7) is 3.82. The van der Waals surface area contributed by atoms with Crippen LogP contribution >= 0.6 is 0 Å². The van der Waals surface area contributed by atoms with E-state index in [9.17, 15) is 4.79 Å². The molecular formula is C23H28N2O3. The number of benzene rings is 1. The van der Waals surface area contributed by atoms with Crippen LogP contribution in [-0.4, -0.2) is 31.3 Å². The van der Waals surface area contributed by atoms with Gasteiger partial charge in [-0.2, -0.15) is 0 Å². The van der Waals surface area contributed by atoms with Crippen molar-refractivity contribution in [2.75, 3.05) is 25.6 Å². The number of hydrogen-bond acceptors (Lipinski definition) is 5. The van der Waals surface area contributed by atoms with E-state index in [-0.39, 0.29) is 5.97 Å². The van der Waals surface area contributed by atoms with Crippen molar-refractivity contribution >= 4 is 17.5 Å². The van der Waals surface area contributed by atoms with Gasteiger partial charge in [-0.15, -0.1) is 0 Å². The molecule has 148 valence electrons. The van der Waals surface area contributed by atoms with Gasteiger partial charge in [-0.1, -0.05) is 19.1 Å². The first-order chi connectivity index (χ1) is 13.7. The molecule has 0 amide bonds. The minimum absolute atomic E-state index is 0.351. The molecule has 1 saturated heterocycles. The highest BCUT2D eigenvalue weighted by Crippen LogP contribution is 2.41. The summed E-state index contributed by atoms with van der Waals surface area (Å²) in [5, 5.41) is 3.43. The minimum atomic E-state index is -0.351. The predicted octanol–water partition coefficient (Wildman–Crippen LogP) is 4.95. The fourth-order valence-corrected chi connectivity index (χ4v) is 4.12. The Morgan fingerprint density at radius 1 is 1.21 bits per heavy atom. The molecule has 2 fully saturated rings. The fraction of sp³-hybridized carbons (Fsp3) is 0.478. The molecular weight excluding hydrogens is 352 g/mol. The Kier molecular flexibility index (Phi) is 5.62. The largest absolute Gasteiger partial charge is 0.465 e. The Bertz CT molecular complexity index is 855. The van der Waals surface area contributed by atoms with Crippen molar-refractivity contribution in [3.05, 3.63) is 52.7 Å². The molecule has 4 rings (SSSR count). The molecule has 0 unspecified atom stereocenters. The Balaban J connectivity index is 1.67. The number of esters is 1. The van der Waals surface area contributed by atoms with Gasteiger partial charge in [0.25, 0.3) is 0 Å². The van der Waals surface area contributed by atoms with Crippen LogP contribution in [0.3, 0.4) is 0 Å². The van der Waals surface area contributed by atoms with Crippen LogP contribution in [0.15, 0.2) is 30.5 Å². The van der Waals surface area contributed by atoms with Gasteiger partial charge < -0.3 is 14.8 Å². The van der Waals surface area contributed by atoms with Gasteiger partial charge in [-0.25, -0.2) is 9.78 Å². The van der Waals surface area contributed by atoms with Crippen LogP contribution in [0.25, 0.3) is 0 Å². The summed E-state index contributed by atoms with van der Waals surface area (Å²) < 4.78 is 10.5. The van der Waals surface area contributed by atoms with Crippen molar-refractivity contribution in [1.82, 2.24) is 4.98 Å². The second-order valence-electron chi connectivity index (χ2n) is 7.67. The van der Waals surface area contributed by atoms with E-state index in [0.29, 0.717) is 23.2 Å². The molecule has 1 aliphatic heterocycles. The van der Waals surface area contributed by atoms with Crippen LogP contribution < -0.4 is 5.32 Å². The molecule has 1 N–H and O–H groups in total. The first-order valence-corrected chi connectivity index (χ1v) is 10.3. The summed E-state index contributed by atoms with van der Waals surface area (Å²) in [4.78, 5) is 17.0. The maximum Gasteiger partial charge on any atom is 0.341 e. The lowest BCUT2D eigenvalue weighted by molar-refractivity contribution is 0.0601. The standard InChI is InChI=1S/C23H28N2O3/c1-3-18-19(16-9-11-28-12-10-16)5-4-6-21(18)25-22-20(23(26)27-2)13-17(14-24-22)15-7-8-15/h4-6,13-16H,3,7-12H2,1-2H3,(H,24,25). The van der Waals surface area contributed by atoms with E-state index in [4.69, 9.17) is 9.47 Å². The zero-order valence-electron chi connectivity index (χ0n) is 16.7. The molecule has 0 bridgehead atoms. The lowest BCUT2D eigenvalue weighted by atomic mass is 9.86. The third-order valence-corrected chi connectivity index (χ3v) is 5.84. The number of methoxy groups -OCH3 is 1. The number of ether oxygens (including phenoxy) is 2. The van der Waals surface area contributed by atoms with Crippen LogP contribution in [-0.2, 0) is 15.9 Å². The summed E-state index contributed by atoms with van der Waals surface area (Å²) in [7, 11) is 1.42. The summed E-state index contributed by atoms with van der Waals surface area (Å²) in [6.07, 6.45) is 7.25. The zero-order chi connectivity index (χ0) is 19.5. The molecule has 0 spiro atoms. The number of aromatic nitrogens is 1. The summed E-state index contributed by atoms with van der Waals surface area (Å²) in [5.41, 5.74) is 5.31. The third kappa shape index (κ3) is 3.90. The molecule has 1 aromatic carbocycles. The van der Waals surface area contributed by atoms with Crippen LogP contribution in [0, 0.1) is 0 Å². The van der Waals surface area contributed by atoms with E-state index in [1.54, 1.807) is 0 Å². The van der Waals surface area contributed by atoms with Crippen molar-refractivity contribution < 1.29 is 14.3 Å². The second-order valence-corrected chi connectivity index (χ2v) is 7.67. The average molecular weight is 380 g/mol. The molecule has 2 aliphatic rings.